The maximum Gasteiger partial charge on any atom is 0.320 e. The fourth-order valence-corrected chi connectivity index (χ4v) is 1.41. The summed E-state index contributed by atoms with van der Waals surface area (Å²) in [6.07, 6.45) is 0.503. The lowest BCUT2D eigenvalue weighted by Crippen LogP contribution is -2.46. The third-order valence-electron chi connectivity index (χ3n) is 2.82. The van der Waals surface area contributed by atoms with Gasteiger partial charge in [-0.3, -0.25) is 9.69 Å². The van der Waals surface area contributed by atoms with Gasteiger partial charge in [0.2, 0.25) is 0 Å². The molecule has 0 aromatic carbocycles. The molecule has 0 aromatic heterocycles. The van der Waals surface area contributed by atoms with E-state index in [4.69, 9.17) is 10.8 Å². The molecule has 0 aliphatic carbocycles. The molecule has 0 spiro atoms. The zero-order chi connectivity index (χ0) is 11.3. The molecule has 4 heteroatoms. The minimum Gasteiger partial charge on any atom is -0.480 e. The van der Waals surface area contributed by atoms with Gasteiger partial charge < -0.3 is 10.8 Å². The molecule has 2 atom stereocenters. The van der Waals surface area contributed by atoms with Crippen LogP contribution in [0.1, 0.15) is 27.2 Å². The number of carboxylic acids is 1. The smallest absolute Gasteiger partial charge is 0.320 e. The van der Waals surface area contributed by atoms with E-state index in [0.717, 1.165) is 0 Å². The van der Waals surface area contributed by atoms with Crippen LogP contribution in [0.5, 0.6) is 0 Å². The molecule has 84 valence electrons. The Balaban J connectivity index is 4.42. The number of carboxylic acid groups (broad SMARTS) is 1. The molecule has 0 amide bonds. The van der Waals surface area contributed by atoms with Crippen molar-refractivity contribution in [2.75, 3.05) is 13.6 Å². The molecule has 0 saturated carbocycles. The third kappa shape index (κ3) is 3.64. The predicted molar refractivity (Wildman–Crippen MR) is 57.2 cm³/mol. The van der Waals surface area contributed by atoms with Crippen LogP contribution in [-0.4, -0.2) is 41.7 Å². The van der Waals surface area contributed by atoms with Crippen LogP contribution < -0.4 is 5.73 Å². The average Bonchev–Trinajstić information content (AvgIpc) is 2.11. The lowest BCUT2D eigenvalue weighted by atomic mass is 10.0. The second kappa shape index (κ2) is 5.98. The summed E-state index contributed by atoms with van der Waals surface area (Å²) in [6, 6.07) is -0.208. The monoisotopic (exact) mass is 202 g/mol. The van der Waals surface area contributed by atoms with Gasteiger partial charge >= 0.3 is 5.97 Å². The van der Waals surface area contributed by atoms with Gasteiger partial charge in [0.1, 0.15) is 6.04 Å². The summed E-state index contributed by atoms with van der Waals surface area (Å²) < 4.78 is 0. The first kappa shape index (κ1) is 13.4. The molecule has 0 radical (unpaired) electrons. The summed E-state index contributed by atoms with van der Waals surface area (Å²) in [5, 5.41) is 9.01. The number of hydrogen-bond acceptors (Lipinski definition) is 3. The molecule has 0 aliphatic heterocycles. The molecule has 2 unspecified atom stereocenters. The van der Waals surface area contributed by atoms with E-state index in [-0.39, 0.29) is 6.04 Å². The van der Waals surface area contributed by atoms with Gasteiger partial charge in [-0.25, -0.2) is 0 Å². The standard InChI is InChI=1S/C10H22N2O2/c1-7(2)8(3)12(4)9(5-6-11)10(13)14/h7-9H,5-6,11H2,1-4H3,(H,13,14). The SMILES string of the molecule is CC(C)C(C)N(C)C(CCN)C(=O)O. The second-order valence-corrected chi connectivity index (χ2v) is 4.08. The highest BCUT2D eigenvalue weighted by Gasteiger charge is 2.26. The molecule has 3 N–H and O–H groups in total. The number of rotatable bonds is 6. The van der Waals surface area contributed by atoms with Crippen molar-refractivity contribution in [2.45, 2.75) is 39.3 Å². The molecule has 0 aromatic rings. The molecule has 0 rings (SSSR count). The number of aliphatic carboxylic acids is 1. The number of likely N-dealkylation sites (N-methyl/N-ethyl adjacent to an activating group) is 1. The lowest BCUT2D eigenvalue weighted by Gasteiger charge is -2.32. The minimum atomic E-state index is -0.787. The topological polar surface area (TPSA) is 66.6 Å². The van der Waals surface area contributed by atoms with E-state index in [9.17, 15) is 4.79 Å². The number of nitrogens with two attached hydrogens (primary N) is 1. The average molecular weight is 202 g/mol. The number of nitrogens with zero attached hydrogens (tertiary/aromatic N) is 1. The van der Waals surface area contributed by atoms with Gasteiger partial charge in [0.25, 0.3) is 0 Å². The van der Waals surface area contributed by atoms with Crippen LogP contribution in [0.2, 0.25) is 0 Å². The molecule has 0 aliphatic rings. The molecule has 0 fully saturated rings. The fourth-order valence-electron chi connectivity index (χ4n) is 1.41. The summed E-state index contributed by atoms with van der Waals surface area (Å²) in [5.41, 5.74) is 5.39. The molecule has 14 heavy (non-hydrogen) atoms. The van der Waals surface area contributed by atoms with Crippen LogP contribution in [0.3, 0.4) is 0 Å². The second-order valence-electron chi connectivity index (χ2n) is 4.08. The first-order valence-electron chi connectivity index (χ1n) is 5.06. The van der Waals surface area contributed by atoms with E-state index >= 15 is 0 Å². The van der Waals surface area contributed by atoms with Gasteiger partial charge in [-0.1, -0.05) is 13.8 Å². The van der Waals surface area contributed by atoms with Crippen LogP contribution >= 0.6 is 0 Å². The lowest BCUT2D eigenvalue weighted by molar-refractivity contribution is -0.144. The Morgan fingerprint density at radius 3 is 2.21 bits per heavy atom. The van der Waals surface area contributed by atoms with E-state index in [2.05, 4.69) is 13.8 Å². The highest BCUT2D eigenvalue weighted by molar-refractivity contribution is 5.73. The van der Waals surface area contributed by atoms with Crippen molar-refractivity contribution in [1.29, 1.82) is 0 Å². The summed E-state index contributed by atoms with van der Waals surface area (Å²) in [5.74, 6) is -0.343. The molecular formula is C10H22N2O2. The fraction of sp³-hybridized carbons (Fsp3) is 0.900. The van der Waals surface area contributed by atoms with E-state index in [0.29, 0.717) is 18.9 Å². The Hall–Kier alpha value is -0.610. The Morgan fingerprint density at radius 1 is 1.43 bits per heavy atom. The summed E-state index contributed by atoms with van der Waals surface area (Å²) >= 11 is 0. The molecule has 0 saturated heterocycles. The van der Waals surface area contributed by atoms with Gasteiger partial charge in [-0.2, -0.15) is 0 Å². The van der Waals surface area contributed by atoms with Gasteiger partial charge in [0.15, 0.2) is 0 Å². The van der Waals surface area contributed by atoms with E-state index < -0.39 is 12.0 Å². The summed E-state index contributed by atoms with van der Waals surface area (Å²) in [4.78, 5) is 12.8. The maximum absolute atomic E-state index is 11.0. The molecular weight excluding hydrogens is 180 g/mol. The van der Waals surface area contributed by atoms with Crippen LogP contribution in [-0.2, 0) is 4.79 Å². The van der Waals surface area contributed by atoms with E-state index in [1.54, 1.807) is 0 Å². The largest absolute Gasteiger partial charge is 0.480 e. The van der Waals surface area contributed by atoms with Gasteiger partial charge in [0.05, 0.1) is 0 Å². The van der Waals surface area contributed by atoms with Crippen LogP contribution in [0.15, 0.2) is 0 Å². The highest BCUT2D eigenvalue weighted by atomic mass is 16.4. The Bertz CT molecular complexity index is 183. The zero-order valence-corrected chi connectivity index (χ0v) is 9.53. The van der Waals surface area contributed by atoms with E-state index in [1.807, 2.05) is 18.9 Å². The first-order valence-corrected chi connectivity index (χ1v) is 5.06. The molecule has 0 bridgehead atoms. The van der Waals surface area contributed by atoms with Crippen molar-refractivity contribution in [3.8, 4) is 0 Å². The van der Waals surface area contributed by atoms with Crippen molar-refractivity contribution >= 4 is 5.97 Å². The Morgan fingerprint density at radius 2 is 1.93 bits per heavy atom. The molecule has 4 nitrogen and oxygen atoms in total. The van der Waals surface area contributed by atoms with Crippen molar-refractivity contribution in [3.63, 3.8) is 0 Å². The van der Waals surface area contributed by atoms with Crippen molar-refractivity contribution in [2.24, 2.45) is 11.7 Å². The zero-order valence-electron chi connectivity index (χ0n) is 9.53. The van der Waals surface area contributed by atoms with Crippen molar-refractivity contribution in [3.05, 3.63) is 0 Å². The van der Waals surface area contributed by atoms with Gasteiger partial charge in [0, 0.05) is 6.04 Å². The summed E-state index contributed by atoms with van der Waals surface area (Å²) in [7, 11) is 1.85. The van der Waals surface area contributed by atoms with Crippen LogP contribution in [0.25, 0.3) is 0 Å². The normalized spacial score (nSPS) is 15.9. The third-order valence-corrected chi connectivity index (χ3v) is 2.82. The van der Waals surface area contributed by atoms with Crippen LogP contribution in [0.4, 0.5) is 0 Å². The van der Waals surface area contributed by atoms with Gasteiger partial charge in [-0.15, -0.1) is 0 Å². The van der Waals surface area contributed by atoms with Crippen molar-refractivity contribution in [1.82, 2.24) is 4.90 Å². The number of carbonyl (C=O) groups is 1. The summed E-state index contributed by atoms with van der Waals surface area (Å²) in [6.45, 7) is 6.62. The van der Waals surface area contributed by atoms with E-state index in [1.165, 1.54) is 0 Å². The first-order chi connectivity index (χ1) is 6.41. The Kier molecular flexibility index (Phi) is 5.72. The predicted octanol–water partition coefficient (Wildman–Crippen LogP) is 0.765. The quantitative estimate of drug-likeness (QED) is 0.667. The minimum absolute atomic E-state index is 0.252. The number of hydrogen-bond donors (Lipinski definition) is 2. The van der Waals surface area contributed by atoms with Gasteiger partial charge in [-0.05, 0) is 32.9 Å². The Labute approximate surface area is 86.1 Å². The van der Waals surface area contributed by atoms with Crippen LogP contribution in [0, 0.1) is 5.92 Å². The maximum atomic E-state index is 11.0. The highest BCUT2D eigenvalue weighted by Crippen LogP contribution is 2.13. The molecule has 0 heterocycles. The van der Waals surface area contributed by atoms with Crippen molar-refractivity contribution < 1.29 is 9.90 Å².